The fourth-order valence-corrected chi connectivity index (χ4v) is 11.0. The highest BCUT2D eigenvalue weighted by Crippen LogP contribution is 2.34. The molecule has 0 saturated carbocycles. The molecular weight excluding hydrogens is 1230 g/mol. The lowest BCUT2D eigenvalue weighted by molar-refractivity contribution is 0.0167. The standard InChI is InChI=1S/C26H19F2N3O.2C25H18F2N4O/c1-17-9-11-22-23(15-18-6-5-7-19(14-18)26(2,27)28)30-32-25(22)21(17)12-10-20-16-29-24-8-3-4-13-31(20)24;1-15-6-9-20-22(14-17-4-3-5-18(12-17)25(2,26)27)30-32-24(20)19(15)10-7-16-8-11-21-23(13-16)29-31-28-21;1-16-6-8-21-22(13-17-4-3-5-18(12-17)25(2,26)27)30-32-24(21)20(16)9-7-19-14-29-23-15-28-10-11-31(19)23/h3-9,11,13-14,16H,15H2,1-2H3;3-6,8-9,11-13H,14H2,1-2H3,(H,28,29,31);3-6,8,10-12,14-15H,13H2,1-2H3. The van der Waals surface area contributed by atoms with E-state index in [-0.39, 0.29) is 16.7 Å². The van der Waals surface area contributed by atoms with Crippen LogP contribution in [-0.2, 0) is 37.0 Å². The number of imidazole rings is 2. The van der Waals surface area contributed by atoms with Gasteiger partial charge >= 0.3 is 0 Å². The van der Waals surface area contributed by atoms with Crippen LogP contribution in [0.1, 0.15) is 122 Å². The maximum Gasteiger partial charge on any atom is 0.270 e. The molecular formula is C76H55F6N11O3. The van der Waals surface area contributed by atoms with Gasteiger partial charge in [-0.25, -0.2) is 36.3 Å². The van der Waals surface area contributed by atoms with Gasteiger partial charge in [0.05, 0.1) is 52.4 Å². The molecule has 0 atom stereocenters. The van der Waals surface area contributed by atoms with Crippen LogP contribution in [0.15, 0.2) is 196 Å². The highest BCUT2D eigenvalue weighted by molar-refractivity contribution is 5.89. The molecule has 0 bridgehead atoms. The second-order valence-corrected chi connectivity index (χ2v) is 23.4. The van der Waals surface area contributed by atoms with Crippen molar-refractivity contribution in [3.63, 3.8) is 0 Å². The van der Waals surface area contributed by atoms with E-state index in [1.807, 2.05) is 127 Å². The Morgan fingerprint density at radius 2 is 0.865 bits per heavy atom. The van der Waals surface area contributed by atoms with Gasteiger partial charge in [0.15, 0.2) is 22.4 Å². The molecule has 0 spiro atoms. The maximum atomic E-state index is 13.7. The van der Waals surface area contributed by atoms with E-state index in [1.54, 1.807) is 49.2 Å². The van der Waals surface area contributed by atoms with Crippen LogP contribution < -0.4 is 0 Å². The Hall–Kier alpha value is -12.1. The van der Waals surface area contributed by atoms with Gasteiger partial charge in [-0.15, -0.1) is 0 Å². The molecule has 0 aliphatic heterocycles. The summed E-state index contributed by atoms with van der Waals surface area (Å²) in [4.78, 5) is 12.7. The lowest BCUT2D eigenvalue weighted by Gasteiger charge is -2.11. The summed E-state index contributed by atoms with van der Waals surface area (Å²) < 4.78 is 103. The molecule has 14 nitrogen and oxygen atoms in total. The molecule has 8 heterocycles. The second kappa shape index (κ2) is 25.8. The number of benzene rings is 7. The summed E-state index contributed by atoms with van der Waals surface area (Å²) in [6.45, 7) is 8.56. The zero-order valence-electron chi connectivity index (χ0n) is 52.4. The first-order valence-corrected chi connectivity index (χ1v) is 30.3. The van der Waals surface area contributed by atoms with Crippen molar-refractivity contribution in [2.24, 2.45) is 0 Å². The quantitative estimate of drug-likeness (QED) is 0.108. The molecule has 0 fully saturated rings. The van der Waals surface area contributed by atoms with Gasteiger partial charge in [-0.05, 0) is 133 Å². The van der Waals surface area contributed by atoms with E-state index in [9.17, 15) is 26.3 Å². The van der Waals surface area contributed by atoms with Crippen LogP contribution in [0, 0.1) is 56.3 Å². The van der Waals surface area contributed by atoms with E-state index in [4.69, 9.17) is 13.6 Å². The van der Waals surface area contributed by atoms with Gasteiger partial charge in [0.2, 0.25) is 0 Å². The number of H-pyrrole nitrogens is 1. The summed E-state index contributed by atoms with van der Waals surface area (Å²) in [5, 5.41) is 25.9. The van der Waals surface area contributed by atoms with Crippen LogP contribution in [0.25, 0.3) is 55.2 Å². The first-order valence-electron chi connectivity index (χ1n) is 30.3. The smallest absolute Gasteiger partial charge is 0.270 e. The first kappa shape index (κ1) is 62.7. The Balaban J connectivity index is 0.000000130. The highest BCUT2D eigenvalue weighted by Gasteiger charge is 2.27. The van der Waals surface area contributed by atoms with Crippen LogP contribution in [0.3, 0.4) is 0 Å². The average molecular weight is 1280 g/mol. The zero-order chi connectivity index (χ0) is 66.9. The van der Waals surface area contributed by atoms with Crippen molar-refractivity contribution in [3.05, 3.63) is 284 Å². The summed E-state index contributed by atoms with van der Waals surface area (Å²) in [5.41, 5.74) is 16.5. The number of pyridine rings is 1. The van der Waals surface area contributed by atoms with E-state index in [0.29, 0.717) is 58.7 Å². The number of hydrogen-bond donors (Lipinski definition) is 1. The van der Waals surface area contributed by atoms with Gasteiger partial charge in [0.25, 0.3) is 17.8 Å². The van der Waals surface area contributed by atoms with Gasteiger partial charge in [0, 0.05) is 97.0 Å². The number of hydrogen-bond acceptors (Lipinski definition) is 11. The average Bonchev–Trinajstić information content (AvgIpc) is 1.62. The third-order valence-electron chi connectivity index (χ3n) is 16.2. The number of fused-ring (bicyclic) bond motifs is 6. The number of aromatic nitrogens is 11. The zero-order valence-corrected chi connectivity index (χ0v) is 52.4. The van der Waals surface area contributed by atoms with Crippen molar-refractivity contribution in [2.45, 2.75) is 78.6 Å². The summed E-state index contributed by atoms with van der Waals surface area (Å²) in [6.07, 6.45) is 11.7. The molecule has 0 aliphatic rings. The minimum atomic E-state index is -2.89. The number of nitrogens with zero attached hydrogens (tertiary/aromatic N) is 10. The Kier molecular flexibility index (Phi) is 16.8. The molecule has 0 saturated heterocycles. The predicted octanol–water partition coefficient (Wildman–Crippen LogP) is 16.7. The molecule has 20 heteroatoms. The summed E-state index contributed by atoms with van der Waals surface area (Å²) >= 11 is 0. The summed E-state index contributed by atoms with van der Waals surface area (Å²) in [6, 6.07) is 42.2. The molecule has 8 aromatic heterocycles. The summed E-state index contributed by atoms with van der Waals surface area (Å²) in [5.74, 6) is 10.4. The Morgan fingerprint density at radius 1 is 0.427 bits per heavy atom. The third-order valence-corrected chi connectivity index (χ3v) is 16.2. The second-order valence-electron chi connectivity index (χ2n) is 23.4. The maximum absolute atomic E-state index is 13.7. The Bertz CT molecular complexity index is 5410. The number of aryl methyl sites for hydroxylation is 3. The predicted molar refractivity (Wildman–Crippen MR) is 353 cm³/mol. The lowest BCUT2D eigenvalue weighted by atomic mass is 10.00. The Labute approximate surface area is 545 Å². The molecule has 1 N–H and O–H groups in total. The van der Waals surface area contributed by atoms with Crippen LogP contribution in [0.4, 0.5) is 26.3 Å². The van der Waals surface area contributed by atoms with Crippen molar-refractivity contribution in [1.29, 1.82) is 0 Å². The third kappa shape index (κ3) is 13.4. The first-order chi connectivity index (χ1) is 46.2. The van der Waals surface area contributed by atoms with Crippen molar-refractivity contribution >= 4 is 55.2 Å². The molecule has 7 aromatic carbocycles. The van der Waals surface area contributed by atoms with E-state index in [1.165, 1.54) is 36.4 Å². The van der Waals surface area contributed by atoms with Crippen molar-refractivity contribution in [2.75, 3.05) is 0 Å². The van der Waals surface area contributed by atoms with Gasteiger partial charge in [0.1, 0.15) is 28.1 Å². The fourth-order valence-electron chi connectivity index (χ4n) is 11.0. The molecule has 0 amide bonds. The number of rotatable bonds is 9. The SMILES string of the molecule is Cc1ccc2c(Cc3cccc(C(C)(F)F)c3)noc2c1C#Cc1ccc2n[nH]nc2c1.Cc1ccc2c(Cc3cccc(C(C)(F)F)c3)noc2c1C#Cc1cnc2ccccn12.Cc1ccc2c(Cc3cccc(C(C)(F)F)c3)noc2c1C#Cc1cnc2cnccn12. The molecule has 474 valence electrons. The van der Waals surface area contributed by atoms with Crippen LogP contribution >= 0.6 is 0 Å². The minimum absolute atomic E-state index is 0.0155. The number of alkyl halides is 6. The normalized spacial score (nSPS) is 11.6. The van der Waals surface area contributed by atoms with E-state index >= 15 is 0 Å². The van der Waals surface area contributed by atoms with Gasteiger partial charge in [-0.1, -0.05) is 118 Å². The molecule has 0 aliphatic carbocycles. The van der Waals surface area contributed by atoms with Crippen LogP contribution in [-0.4, -0.2) is 54.6 Å². The highest BCUT2D eigenvalue weighted by atomic mass is 19.3. The molecule has 0 radical (unpaired) electrons. The monoisotopic (exact) mass is 1280 g/mol. The fraction of sp³-hybridized carbons (Fsp3) is 0.158. The molecule has 0 unspecified atom stereocenters. The topological polar surface area (TPSA) is 167 Å². The number of aromatic amines is 1. The van der Waals surface area contributed by atoms with Crippen molar-refractivity contribution in [3.8, 4) is 35.5 Å². The molecule has 15 rings (SSSR count). The number of nitrogens with one attached hydrogen (secondary N) is 1. The van der Waals surface area contributed by atoms with E-state index < -0.39 is 17.8 Å². The largest absolute Gasteiger partial charge is 0.355 e. The lowest BCUT2D eigenvalue weighted by Crippen LogP contribution is -2.07. The van der Waals surface area contributed by atoms with Gasteiger partial charge in [-0.2, -0.15) is 15.4 Å². The van der Waals surface area contributed by atoms with Crippen LogP contribution in [0.5, 0.6) is 0 Å². The Morgan fingerprint density at radius 3 is 1.33 bits per heavy atom. The van der Waals surface area contributed by atoms with Crippen molar-refractivity contribution in [1.82, 2.24) is 54.6 Å². The number of halogens is 6. The van der Waals surface area contributed by atoms with E-state index in [2.05, 4.69) is 81.4 Å². The van der Waals surface area contributed by atoms with Gasteiger partial charge < -0.3 is 13.6 Å². The molecule has 96 heavy (non-hydrogen) atoms. The van der Waals surface area contributed by atoms with Crippen molar-refractivity contribution < 1.29 is 39.9 Å². The van der Waals surface area contributed by atoms with Crippen LogP contribution in [0.2, 0.25) is 0 Å². The van der Waals surface area contributed by atoms with E-state index in [0.717, 1.165) is 121 Å². The molecule has 15 aromatic rings. The minimum Gasteiger partial charge on any atom is -0.355 e. The van der Waals surface area contributed by atoms with Gasteiger partial charge in [-0.3, -0.25) is 13.8 Å². The summed E-state index contributed by atoms with van der Waals surface area (Å²) in [7, 11) is 0.